The molecule has 0 amide bonds. The molecule has 3 nitrogen and oxygen atoms in total. The Morgan fingerprint density at radius 3 is 2.19 bits per heavy atom. The molecule has 5 heteroatoms. The third kappa shape index (κ3) is 2.97. The number of piperidine rings is 2. The van der Waals surface area contributed by atoms with Crippen molar-refractivity contribution >= 4 is 0 Å². The van der Waals surface area contributed by atoms with Crippen molar-refractivity contribution in [1.29, 1.82) is 0 Å². The SMILES string of the molecule is CCN1CCC(CN2CCC3(CN(C)C3)C(F)(F)C2)CC1. The predicted molar refractivity (Wildman–Crippen MR) is 80.8 cm³/mol. The Bertz CT molecular complexity index is 361. The summed E-state index contributed by atoms with van der Waals surface area (Å²) in [5, 5.41) is 0. The van der Waals surface area contributed by atoms with Crippen molar-refractivity contribution in [3.05, 3.63) is 0 Å². The van der Waals surface area contributed by atoms with Crippen LogP contribution >= 0.6 is 0 Å². The standard InChI is InChI=1S/C16H29F2N3/c1-3-20-7-4-14(5-8-20)10-21-9-6-15(11-19(2)12-15)16(17,18)13-21/h14H,3-13H2,1-2H3. The minimum Gasteiger partial charge on any atom is -0.305 e. The van der Waals surface area contributed by atoms with Gasteiger partial charge in [0.25, 0.3) is 5.92 Å². The molecule has 0 N–H and O–H groups in total. The number of rotatable bonds is 3. The second-order valence-electron chi connectivity index (χ2n) is 7.52. The summed E-state index contributed by atoms with van der Waals surface area (Å²) >= 11 is 0. The van der Waals surface area contributed by atoms with Gasteiger partial charge in [0.2, 0.25) is 0 Å². The van der Waals surface area contributed by atoms with Gasteiger partial charge in [-0.3, -0.25) is 4.90 Å². The number of halogens is 2. The fraction of sp³-hybridized carbons (Fsp3) is 1.00. The molecule has 0 aromatic carbocycles. The first kappa shape index (κ1) is 15.6. The van der Waals surface area contributed by atoms with Crippen molar-refractivity contribution in [2.24, 2.45) is 11.3 Å². The molecule has 0 aliphatic carbocycles. The van der Waals surface area contributed by atoms with Gasteiger partial charge in [-0.2, -0.15) is 0 Å². The van der Waals surface area contributed by atoms with Crippen LogP contribution in [0, 0.1) is 11.3 Å². The van der Waals surface area contributed by atoms with E-state index in [0.717, 1.165) is 32.7 Å². The molecule has 1 spiro atoms. The van der Waals surface area contributed by atoms with Crippen LogP contribution in [0.15, 0.2) is 0 Å². The van der Waals surface area contributed by atoms with E-state index >= 15 is 0 Å². The van der Waals surface area contributed by atoms with Crippen LogP contribution in [0.2, 0.25) is 0 Å². The van der Waals surface area contributed by atoms with E-state index in [1.54, 1.807) is 0 Å². The molecule has 3 fully saturated rings. The monoisotopic (exact) mass is 301 g/mol. The smallest absolute Gasteiger partial charge is 0.268 e. The first-order valence-corrected chi connectivity index (χ1v) is 8.45. The van der Waals surface area contributed by atoms with Crippen LogP contribution in [0.3, 0.4) is 0 Å². The van der Waals surface area contributed by atoms with Gasteiger partial charge < -0.3 is 9.80 Å². The van der Waals surface area contributed by atoms with Crippen molar-refractivity contribution in [3.8, 4) is 0 Å². The van der Waals surface area contributed by atoms with Crippen molar-refractivity contribution in [3.63, 3.8) is 0 Å². The molecular weight excluding hydrogens is 272 g/mol. The quantitative estimate of drug-likeness (QED) is 0.789. The molecule has 0 unspecified atom stereocenters. The van der Waals surface area contributed by atoms with Crippen LogP contribution in [-0.2, 0) is 0 Å². The molecule has 21 heavy (non-hydrogen) atoms. The highest BCUT2D eigenvalue weighted by Crippen LogP contribution is 2.49. The Kier molecular flexibility index (Phi) is 4.27. The Labute approximate surface area is 127 Å². The normalized spacial score (nSPS) is 31.4. The van der Waals surface area contributed by atoms with Gasteiger partial charge in [0.05, 0.1) is 12.0 Å². The molecular formula is C16H29F2N3. The van der Waals surface area contributed by atoms with Gasteiger partial charge in [0, 0.05) is 19.6 Å². The van der Waals surface area contributed by atoms with Crippen LogP contribution in [-0.4, -0.2) is 80.0 Å². The van der Waals surface area contributed by atoms with Gasteiger partial charge >= 0.3 is 0 Å². The fourth-order valence-corrected chi connectivity index (χ4v) is 4.47. The second kappa shape index (κ2) is 5.74. The van der Waals surface area contributed by atoms with Crippen LogP contribution in [0.5, 0.6) is 0 Å². The molecule has 0 atom stereocenters. The van der Waals surface area contributed by atoms with Gasteiger partial charge in [-0.1, -0.05) is 6.92 Å². The maximum atomic E-state index is 14.5. The highest BCUT2D eigenvalue weighted by molar-refractivity contribution is 5.07. The fourth-order valence-electron chi connectivity index (χ4n) is 4.47. The number of alkyl halides is 2. The first-order chi connectivity index (χ1) is 9.94. The molecule has 0 radical (unpaired) electrons. The van der Waals surface area contributed by atoms with Crippen LogP contribution in [0.4, 0.5) is 8.78 Å². The molecule has 0 bridgehead atoms. The van der Waals surface area contributed by atoms with E-state index < -0.39 is 11.3 Å². The third-order valence-corrected chi connectivity index (χ3v) is 5.92. The van der Waals surface area contributed by atoms with E-state index in [1.165, 1.54) is 12.8 Å². The molecule has 122 valence electrons. The molecule has 3 rings (SSSR count). The van der Waals surface area contributed by atoms with E-state index in [0.29, 0.717) is 25.4 Å². The summed E-state index contributed by atoms with van der Waals surface area (Å²) < 4.78 is 29.0. The zero-order chi connectivity index (χ0) is 15.1. The summed E-state index contributed by atoms with van der Waals surface area (Å²) in [5.74, 6) is -1.90. The number of hydrogen-bond acceptors (Lipinski definition) is 3. The topological polar surface area (TPSA) is 9.72 Å². The largest absolute Gasteiger partial charge is 0.305 e. The molecule has 3 aliphatic rings. The lowest BCUT2D eigenvalue weighted by Crippen LogP contribution is -2.69. The lowest BCUT2D eigenvalue weighted by Gasteiger charge is -2.57. The highest BCUT2D eigenvalue weighted by atomic mass is 19.3. The Morgan fingerprint density at radius 2 is 1.67 bits per heavy atom. The Morgan fingerprint density at radius 1 is 1.00 bits per heavy atom. The zero-order valence-electron chi connectivity index (χ0n) is 13.5. The first-order valence-electron chi connectivity index (χ1n) is 8.45. The molecule has 0 saturated carbocycles. The van der Waals surface area contributed by atoms with Crippen LogP contribution < -0.4 is 0 Å². The summed E-state index contributed by atoms with van der Waals surface area (Å²) in [6.45, 7) is 8.45. The average molecular weight is 301 g/mol. The van der Waals surface area contributed by atoms with Gasteiger partial charge in [0.1, 0.15) is 0 Å². The van der Waals surface area contributed by atoms with Crippen molar-refractivity contribution in [2.75, 3.05) is 59.4 Å². The van der Waals surface area contributed by atoms with E-state index in [9.17, 15) is 8.78 Å². The Balaban J connectivity index is 1.50. The maximum Gasteiger partial charge on any atom is 0.268 e. The highest BCUT2D eigenvalue weighted by Gasteiger charge is 2.61. The molecule has 3 aliphatic heterocycles. The minimum atomic E-state index is -2.51. The number of nitrogens with zero attached hydrogens (tertiary/aromatic N) is 3. The summed E-state index contributed by atoms with van der Waals surface area (Å²) in [6, 6.07) is 0. The van der Waals surface area contributed by atoms with E-state index in [1.807, 2.05) is 16.8 Å². The van der Waals surface area contributed by atoms with E-state index in [-0.39, 0.29) is 6.54 Å². The van der Waals surface area contributed by atoms with Crippen molar-refractivity contribution in [2.45, 2.75) is 32.1 Å². The molecule has 3 saturated heterocycles. The second-order valence-corrected chi connectivity index (χ2v) is 7.52. The zero-order valence-corrected chi connectivity index (χ0v) is 13.5. The van der Waals surface area contributed by atoms with Crippen molar-refractivity contribution in [1.82, 2.24) is 14.7 Å². The minimum absolute atomic E-state index is 0.0190. The van der Waals surface area contributed by atoms with E-state index in [2.05, 4.69) is 11.8 Å². The van der Waals surface area contributed by atoms with Crippen LogP contribution in [0.1, 0.15) is 26.2 Å². The molecule has 0 aromatic heterocycles. The number of hydrogen-bond donors (Lipinski definition) is 0. The Hall–Kier alpha value is -0.260. The van der Waals surface area contributed by atoms with Gasteiger partial charge in [-0.25, -0.2) is 8.78 Å². The maximum absolute atomic E-state index is 14.5. The van der Waals surface area contributed by atoms with Crippen LogP contribution in [0.25, 0.3) is 0 Å². The third-order valence-electron chi connectivity index (χ3n) is 5.92. The lowest BCUT2D eigenvalue weighted by atomic mass is 9.69. The summed E-state index contributed by atoms with van der Waals surface area (Å²) in [7, 11) is 1.94. The van der Waals surface area contributed by atoms with Gasteiger partial charge in [-0.15, -0.1) is 0 Å². The molecule has 0 aromatic rings. The van der Waals surface area contributed by atoms with Gasteiger partial charge in [0.15, 0.2) is 0 Å². The predicted octanol–water partition coefficient (Wildman–Crippen LogP) is 1.99. The number of likely N-dealkylation sites (tertiary alicyclic amines) is 3. The van der Waals surface area contributed by atoms with E-state index in [4.69, 9.17) is 0 Å². The summed E-state index contributed by atoms with van der Waals surface area (Å²) in [4.78, 5) is 6.51. The summed E-state index contributed by atoms with van der Waals surface area (Å²) in [5.41, 5.74) is -0.718. The molecule has 3 heterocycles. The average Bonchev–Trinajstić information content (AvgIpc) is 2.41. The van der Waals surface area contributed by atoms with Gasteiger partial charge in [-0.05, 0) is 58.4 Å². The lowest BCUT2D eigenvalue weighted by molar-refractivity contribution is -0.221. The van der Waals surface area contributed by atoms with Crippen molar-refractivity contribution < 1.29 is 8.78 Å². The summed E-state index contributed by atoms with van der Waals surface area (Å²) in [6.07, 6.45) is 3.01.